The highest BCUT2D eigenvalue weighted by atomic mass is 16.5. The van der Waals surface area contributed by atoms with Crippen LogP contribution in [0.3, 0.4) is 0 Å². The van der Waals surface area contributed by atoms with Crippen LogP contribution in [0.4, 0.5) is 0 Å². The molecule has 2 amide bonds. The van der Waals surface area contributed by atoms with Gasteiger partial charge in [-0.2, -0.15) is 0 Å². The molecule has 1 aromatic rings. The first kappa shape index (κ1) is 17.5. The van der Waals surface area contributed by atoms with Gasteiger partial charge in [-0.05, 0) is 49.9 Å². The average molecular weight is 342 g/mol. The first-order valence-electron chi connectivity index (χ1n) is 9.11. The zero-order valence-electron chi connectivity index (χ0n) is 14.7. The number of hydrogen-bond acceptors (Lipinski definition) is 3. The highest BCUT2D eigenvalue weighted by molar-refractivity contribution is 5.94. The smallest absolute Gasteiger partial charge is 0.253 e. The largest absolute Gasteiger partial charge is 0.490 e. The third-order valence-corrected chi connectivity index (χ3v) is 5.02. The minimum absolute atomic E-state index is 0.0299. The van der Waals surface area contributed by atoms with Crippen LogP contribution in [0.1, 0.15) is 36.0 Å². The molecular weight excluding hydrogens is 316 g/mol. The molecule has 3 rings (SSSR count). The van der Waals surface area contributed by atoms with E-state index in [1.165, 1.54) is 0 Å². The predicted octanol–water partition coefficient (Wildman–Crippen LogP) is 2.73. The van der Waals surface area contributed by atoms with Crippen LogP contribution in [0.5, 0.6) is 5.75 Å². The molecule has 5 heteroatoms. The molecule has 0 aromatic heterocycles. The van der Waals surface area contributed by atoms with Crippen LogP contribution in [0.2, 0.25) is 0 Å². The molecule has 0 N–H and O–H groups in total. The second-order valence-corrected chi connectivity index (χ2v) is 6.72. The Balaban J connectivity index is 1.52. The third kappa shape index (κ3) is 4.21. The van der Waals surface area contributed by atoms with Crippen LogP contribution in [-0.2, 0) is 4.79 Å². The maximum absolute atomic E-state index is 12.6. The van der Waals surface area contributed by atoms with Crippen molar-refractivity contribution in [3.05, 3.63) is 42.5 Å². The van der Waals surface area contributed by atoms with Gasteiger partial charge in [0.2, 0.25) is 5.91 Å². The molecule has 2 aliphatic rings. The highest BCUT2D eigenvalue weighted by Crippen LogP contribution is 2.23. The Morgan fingerprint density at radius 3 is 2.28 bits per heavy atom. The van der Waals surface area contributed by atoms with Crippen molar-refractivity contribution in [1.82, 2.24) is 9.80 Å². The maximum Gasteiger partial charge on any atom is 0.253 e. The van der Waals surface area contributed by atoms with Crippen molar-refractivity contribution in [3.8, 4) is 5.75 Å². The number of amides is 2. The molecule has 0 bridgehead atoms. The Hall–Kier alpha value is -2.30. The van der Waals surface area contributed by atoms with E-state index < -0.39 is 0 Å². The SMILES string of the molecule is C=CCOc1ccc(C(=O)N2CCC(C(=O)N3CCCC3)CC2)cc1. The molecule has 0 atom stereocenters. The van der Waals surface area contributed by atoms with Crippen molar-refractivity contribution in [2.75, 3.05) is 32.8 Å². The number of carbonyl (C=O) groups is 2. The van der Waals surface area contributed by atoms with Gasteiger partial charge >= 0.3 is 0 Å². The van der Waals surface area contributed by atoms with Crippen molar-refractivity contribution in [2.24, 2.45) is 5.92 Å². The molecule has 2 saturated heterocycles. The van der Waals surface area contributed by atoms with Crippen LogP contribution in [-0.4, -0.2) is 54.4 Å². The van der Waals surface area contributed by atoms with E-state index in [1.54, 1.807) is 30.3 Å². The first-order valence-corrected chi connectivity index (χ1v) is 9.11. The lowest BCUT2D eigenvalue weighted by Gasteiger charge is -2.33. The van der Waals surface area contributed by atoms with Crippen molar-refractivity contribution in [1.29, 1.82) is 0 Å². The number of ether oxygens (including phenoxy) is 1. The number of piperidine rings is 1. The van der Waals surface area contributed by atoms with E-state index in [9.17, 15) is 9.59 Å². The van der Waals surface area contributed by atoms with Gasteiger partial charge in [-0.1, -0.05) is 12.7 Å². The fourth-order valence-electron chi connectivity index (χ4n) is 3.56. The van der Waals surface area contributed by atoms with Gasteiger partial charge < -0.3 is 14.5 Å². The molecular formula is C20H26N2O3. The summed E-state index contributed by atoms with van der Waals surface area (Å²) in [7, 11) is 0. The van der Waals surface area contributed by atoms with Crippen LogP contribution < -0.4 is 4.74 Å². The van der Waals surface area contributed by atoms with Crippen molar-refractivity contribution in [3.63, 3.8) is 0 Å². The molecule has 2 fully saturated rings. The molecule has 0 radical (unpaired) electrons. The van der Waals surface area contributed by atoms with Crippen LogP contribution in [0.25, 0.3) is 0 Å². The Kier molecular flexibility index (Phi) is 5.74. The van der Waals surface area contributed by atoms with Gasteiger partial charge in [-0.25, -0.2) is 0 Å². The molecule has 1 aromatic carbocycles. The molecule has 134 valence electrons. The lowest BCUT2D eigenvalue weighted by molar-refractivity contribution is -0.135. The first-order chi connectivity index (χ1) is 12.2. The fourth-order valence-corrected chi connectivity index (χ4v) is 3.56. The average Bonchev–Trinajstić information content (AvgIpc) is 3.20. The number of likely N-dealkylation sites (tertiary alicyclic amines) is 2. The lowest BCUT2D eigenvalue weighted by atomic mass is 9.95. The van der Waals surface area contributed by atoms with Gasteiger partial charge in [0.1, 0.15) is 12.4 Å². The number of carbonyl (C=O) groups excluding carboxylic acids is 2. The minimum Gasteiger partial charge on any atom is -0.490 e. The minimum atomic E-state index is 0.0299. The van der Waals surface area contributed by atoms with E-state index in [4.69, 9.17) is 4.74 Å². The summed E-state index contributed by atoms with van der Waals surface area (Å²) >= 11 is 0. The zero-order chi connectivity index (χ0) is 17.6. The summed E-state index contributed by atoms with van der Waals surface area (Å²) in [5, 5.41) is 0. The van der Waals surface area contributed by atoms with E-state index in [-0.39, 0.29) is 17.7 Å². The standard InChI is InChI=1S/C20H26N2O3/c1-2-15-25-18-7-5-16(6-8-18)19(23)22-13-9-17(10-14-22)20(24)21-11-3-4-12-21/h2,5-8,17H,1,3-4,9-15H2. The highest BCUT2D eigenvalue weighted by Gasteiger charge is 2.31. The number of benzene rings is 1. The number of nitrogens with zero attached hydrogens (tertiary/aromatic N) is 2. The van der Waals surface area contributed by atoms with Gasteiger partial charge in [0.15, 0.2) is 0 Å². The Morgan fingerprint density at radius 1 is 1.04 bits per heavy atom. The summed E-state index contributed by atoms with van der Waals surface area (Å²) in [6.45, 7) is 7.17. The van der Waals surface area contributed by atoms with Gasteiger partial charge in [-0.3, -0.25) is 9.59 Å². The molecule has 0 saturated carbocycles. The normalized spacial score (nSPS) is 18.2. The lowest BCUT2D eigenvalue weighted by Crippen LogP contribution is -2.43. The Bertz CT molecular complexity index is 612. The van der Waals surface area contributed by atoms with Crippen LogP contribution >= 0.6 is 0 Å². The quantitative estimate of drug-likeness (QED) is 0.773. The molecule has 25 heavy (non-hydrogen) atoms. The molecule has 5 nitrogen and oxygen atoms in total. The van der Waals surface area contributed by atoms with Crippen LogP contribution in [0, 0.1) is 5.92 Å². The maximum atomic E-state index is 12.6. The summed E-state index contributed by atoms with van der Waals surface area (Å²) in [6, 6.07) is 7.20. The van der Waals surface area contributed by atoms with Gasteiger partial charge in [0.25, 0.3) is 5.91 Å². The number of rotatable bonds is 5. The summed E-state index contributed by atoms with van der Waals surface area (Å²) in [5.74, 6) is 1.12. The van der Waals surface area contributed by atoms with Gasteiger partial charge in [-0.15, -0.1) is 0 Å². The summed E-state index contributed by atoms with van der Waals surface area (Å²) in [5.41, 5.74) is 0.662. The number of hydrogen-bond donors (Lipinski definition) is 0. The second-order valence-electron chi connectivity index (χ2n) is 6.72. The molecule has 2 heterocycles. The van der Waals surface area contributed by atoms with Crippen LogP contribution in [0.15, 0.2) is 36.9 Å². The third-order valence-electron chi connectivity index (χ3n) is 5.02. The topological polar surface area (TPSA) is 49.9 Å². The van der Waals surface area contributed by atoms with Crippen molar-refractivity contribution >= 4 is 11.8 Å². The fraction of sp³-hybridized carbons (Fsp3) is 0.500. The summed E-state index contributed by atoms with van der Waals surface area (Å²) in [6.07, 6.45) is 5.46. The predicted molar refractivity (Wildman–Crippen MR) is 96.6 cm³/mol. The van der Waals surface area contributed by atoms with Gasteiger partial charge in [0, 0.05) is 37.7 Å². The van der Waals surface area contributed by atoms with Gasteiger partial charge in [0.05, 0.1) is 0 Å². The van der Waals surface area contributed by atoms with E-state index >= 15 is 0 Å². The van der Waals surface area contributed by atoms with Crippen molar-refractivity contribution < 1.29 is 14.3 Å². The molecule has 0 unspecified atom stereocenters. The molecule has 0 spiro atoms. The monoisotopic (exact) mass is 342 g/mol. The van der Waals surface area contributed by atoms with E-state index in [1.807, 2.05) is 9.80 Å². The summed E-state index contributed by atoms with van der Waals surface area (Å²) in [4.78, 5) is 28.9. The Morgan fingerprint density at radius 2 is 1.68 bits per heavy atom. The zero-order valence-corrected chi connectivity index (χ0v) is 14.7. The van der Waals surface area contributed by atoms with E-state index in [0.29, 0.717) is 25.3 Å². The van der Waals surface area contributed by atoms with Crippen molar-refractivity contribution in [2.45, 2.75) is 25.7 Å². The second kappa shape index (κ2) is 8.19. The summed E-state index contributed by atoms with van der Waals surface area (Å²) < 4.78 is 5.44. The molecule has 0 aliphatic carbocycles. The molecule has 2 aliphatic heterocycles. The van der Waals surface area contributed by atoms with E-state index in [0.717, 1.165) is 44.5 Å². The van der Waals surface area contributed by atoms with E-state index in [2.05, 4.69) is 6.58 Å². The Labute approximate surface area is 149 Å².